The first kappa shape index (κ1) is 16.3. The molecule has 128 valence electrons. The molecule has 1 aliphatic rings. The summed E-state index contributed by atoms with van der Waals surface area (Å²) < 4.78 is 39.2. The van der Waals surface area contributed by atoms with Crippen LogP contribution in [0.3, 0.4) is 0 Å². The third-order valence-electron chi connectivity index (χ3n) is 4.06. The van der Waals surface area contributed by atoms with Crippen LogP contribution in [0.2, 0.25) is 0 Å². The van der Waals surface area contributed by atoms with Crippen LogP contribution in [0.25, 0.3) is 0 Å². The molecule has 0 unspecified atom stereocenters. The average molecular weight is 340 g/mol. The van der Waals surface area contributed by atoms with Gasteiger partial charge in [0.05, 0.1) is 11.6 Å². The number of halogens is 3. The van der Waals surface area contributed by atoms with Crippen molar-refractivity contribution in [3.8, 4) is 0 Å². The first-order valence-corrected chi connectivity index (χ1v) is 7.41. The molecule has 0 radical (unpaired) electrons. The highest BCUT2D eigenvalue weighted by molar-refractivity contribution is 5.87. The summed E-state index contributed by atoms with van der Waals surface area (Å²) >= 11 is 0. The van der Waals surface area contributed by atoms with Crippen LogP contribution in [0.4, 0.5) is 19.0 Å². The second-order valence-corrected chi connectivity index (χ2v) is 5.61. The van der Waals surface area contributed by atoms with Gasteiger partial charge < -0.3 is 10.0 Å². The molecule has 1 fully saturated rings. The fraction of sp³-hybridized carbons (Fsp3) is 0.400. The van der Waals surface area contributed by atoms with Gasteiger partial charge >= 0.3 is 12.1 Å². The normalized spacial score (nSPS) is 16.4. The SMILES string of the molecule is O=C(O)c1ccc(N2CCC(n3ccc(C(F)(F)F)n3)CC2)nc1. The lowest BCUT2D eigenvalue weighted by molar-refractivity contribution is -0.141. The molecule has 24 heavy (non-hydrogen) atoms. The highest BCUT2D eigenvalue weighted by Crippen LogP contribution is 2.30. The molecule has 1 N–H and O–H groups in total. The Morgan fingerprint density at radius 2 is 1.92 bits per heavy atom. The van der Waals surface area contributed by atoms with E-state index in [2.05, 4.69) is 10.1 Å². The van der Waals surface area contributed by atoms with Crippen molar-refractivity contribution in [2.24, 2.45) is 0 Å². The predicted octanol–water partition coefficient (Wildman–Crippen LogP) is 2.84. The lowest BCUT2D eigenvalue weighted by Crippen LogP contribution is -2.35. The molecule has 0 aliphatic carbocycles. The van der Waals surface area contributed by atoms with Crippen LogP contribution in [-0.2, 0) is 6.18 Å². The average Bonchev–Trinajstić information content (AvgIpc) is 3.05. The number of anilines is 1. The first-order chi connectivity index (χ1) is 11.3. The van der Waals surface area contributed by atoms with Crippen molar-refractivity contribution < 1.29 is 23.1 Å². The van der Waals surface area contributed by atoms with Crippen LogP contribution in [0, 0.1) is 0 Å². The van der Waals surface area contributed by atoms with Crippen LogP contribution < -0.4 is 4.90 Å². The number of piperidine rings is 1. The van der Waals surface area contributed by atoms with Gasteiger partial charge in [-0.3, -0.25) is 4.68 Å². The molecule has 2 aromatic rings. The molecule has 0 bridgehead atoms. The molecule has 2 aromatic heterocycles. The Labute approximate surface area is 135 Å². The van der Waals surface area contributed by atoms with Gasteiger partial charge in [-0.05, 0) is 31.0 Å². The summed E-state index contributed by atoms with van der Waals surface area (Å²) in [5.41, 5.74) is -0.763. The molecule has 0 atom stereocenters. The Hall–Kier alpha value is -2.58. The van der Waals surface area contributed by atoms with Gasteiger partial charge in [0.2, 0.25) is 0 Å². The maximum atomic E-state index is 12.6. The van der Waals surface area contributed by atoms with E-state index in [1.165, 1.54) is 23.1 Å². The molecule has 0 saturated carbocycles. The van der Waals surface area contributed by atoms with Gasteiger partial charge in [0.15, 0.2) is 5.69 Å². The molecule has 0 aromatic carbocycles. The van der Waals surface area contributed by atoms with Gasteiger partial charge in [-0.2, -0.15) is 18.3 Å². The standard InChI is InChI=1S/C15H15F3N4O2/c16-15(17,18)12-5-8-22(20-12)11-3-6-21(7-4-11)13-2-1-10(9-19-13)14(23)24/h1-2,5,8-9,11H,3-4,6-7H2,(H,23,24). The van der Waals surface area contributed by atoms with Crippen molar-refractivity contribution in [1.82, 2.24) is 14.8 Å². The summed E-state index contributed by atoms with van der Waals surface area (Å²) in [6.45, 7) is 1.23. The van der Waals surface area contributed by atoms with Crippen LogP contribution in [0.15, 0.2) is 30.6 Å². The highest BCUT2D eigenvalue weighted by Gasteiger charge is 2.34. The number of carboxylic acids is 1. The van der Waals surface area contributed by atoms with E-state index in [1.54, 1.807) is 6.07 Å². The summed E-state index contributed by atoms with van der Waals surface area (Å²) in [5.74, 6) is -0.373. The minimum absolute atomic E-state index is 0.0874. The monoisotopic (exact) mass is 340 g/mol. The number of hydrogen-bond acceptors (Lipinski definition) is 4. The molecule has 0 spiro atoms. The maximum Gasteiger partial charge on any atom is 0.435 e. The lowest BCUT2D eigenvalue weighted by atomic mass is 10.1. The molecule has 0 amide bonds. The second kappa shape index (κ2) is 6.14. The van der Waals surface area contributed by atoms with Crippen LogP contribution in [0.5, 0.6) is 0 Å². The second-order valence-electron chi connectivity index (χ2n) is 5.61. The Kier molecular flexibility index (Phi) is 4.16. The van der Waals surface area contributed by atoms with E-state index < -0.39 is 17.8 Å². The smallest absolute Gasteiger partial charge is 0.435 e. The Bertz CT molecular complexity index is 719. The molecule has 6 nitrogen and oxygen atoms in total. The molecule has 1 aliphatic heterocycles. The van der Waals surface area contributed by atoms with E-state index in [0.29, 0.717) is 31.7 Å². The lowest BCUT2D eigenvalue weighted by Gasteiger charge is -2.32. The number of alkyl halides is 3. The number of nitrogens with zero attached hydrogens (tertiary/aromatic N) is 4. The quantitative estimate of drug-likeness (QED) is 0.930. The van der Waals surface area contributed by atoms with Crippen molar-refractivity contribution in [3.05, 3.63) is 41.9 Å². The van der Waals surface area contributed by atoms with Crippen molar-refractivity contribution in [2.45, 2.75) is 25.1 Å². The zero-order valence-electron chi connectivity index (χ0n) is 12.6. The van der Waals surface area contributed by atoms with Crippen molar-refractivity contribution in [1.29, 1.82) is 0 Å². The molecule has 3 rings (SSSR count). The molecule has 3 heterocycles. The number of aromatic carboxylic acids is 1. The topological polar surface area (TPSA) is 71.2 Å². The van der Waals surface area contributed by atoms with E-state index >= 15 is 0 Å². The Morgan fingerprint density at radius 1 is 1.21 bits per heavy atom. The fourth-order valence-electron chi connectivity index (χ4n) is 2.75. The van der Waals surface area contributed by atoms with Gasteiger partial charge in [0.1, 0.15) is 5.82 Å². The van der Waals surface area contributed by atoms with Crippen LogP contribution in [-0.4, -0.2) is 38.9 Å². The van der Waals surface area contributed by atoms with Crippen LogP contribution >= 0.6 is 0 Å². The van der Waals surface area contributed by atoms with Gasteiger partial charge in [-0.15, -0.1) is 0 Å². The molecule has 9 heteroatoms. The van der Waals surface area contributed by atoms with Crippen molar-refractivity contribution in [3.63, 3.8) is 0 Å². The van der Waals surface area contributed by atoms with E-state index in [-0.39, 0.29) is 11.6 Å². The number of carboxylic acid groups (broad SMARTS) is 1. The third kappa shape index (κ3) is 3.34. The summed E-state index contributed by atoms with van der Waals surface area (Å²) in [5, 5.41) is 12.5. The number of rotatable bonds is 3. The number of hydrogen-bond donors (Lipinski definition) is 1. The first-order valence-electron chi connectivity index (χ1n) is 7.41. The minimum atomic E-state index is -4.43. The van der Waals surface area contributed by atoms with E-state index in [1.807, 2.05) is 4.90 Å². The number of pyridine rings is 1. The number of aromatic nitrogens is 3. The number of carbonyl (C=O) groups is 1. The van der Waals surface area contributed by atoms with Gasteiger partial charge in [0, 0.05) is 25.5 Å². The fourth-order valence-corrected chi connectivity index (χ4v) is 2.75. The molecule has 1 saturated heterocycles. The maximum absolute atomic E-state index is 12.6. The van der Waals surface area contributed by atoms with Gasteiger partial charge in [-0.25, -0.2) is 9.78 Å². The van der Waals surface area contributed by atoms with Gasteiger partial charge in [0.25, 0.3) is 0 Å². The molecular formula is C15H15F3N4O2. The van der Waals surface area contributed by atoms with E-state index in [4.69, 9.17) is 5.11 Å². The van der Waals surface area contributed by atoms with Gasteiger partial charge in [-0.1, -0.05) is 0 Å². The summed E-state index contributed by atoms with van der Waals surface area (Å²) in [4.78, 5) is 16.9. The largest absolute Gasteiger partial charge is 0.478 e. The molecular weight excluding hydrogens is 325 g/mol. The minimum Gasteiger partial charge on any atom is -0.478 e. The van der Waals surface area contributed by atoms with E-state index in [9.17, 15) is 18.0 Å². The Balaban J connectivity index is 1.63. The van der Waals surface area contributed by atoms with Crippen molar-refractivity contribution in [2.75, 3.05) is 18.0 Å². The summed E-state index contributed by atoms with van der Waals surface area (Å²) in [6, 6.07) is 4.02. The third-order valence-corrected chi connectivity index (χ3v) is 4.06. The summed E-state index contributed by atoms with van der Waals surface area (Å²) in [7, 11) is 0. The van der Waals surface area contributed by atoms with Crippen molar-refractivity contribution >= 4 is 11.8 Å². The summed E-state index contributed by atoms with van der Waals surface area (Å²) in [6.07, 6.45) is -0.486. The Morgan fingerprint density at radius 3 is 2.42 bits per heavy atom. The highest BCUT2D eigenvalue weighted by atomic mass is 19.4. The van der Waals surface area contributed by atoms with E-state index in [0.717, 1.165) is 6.07 Å². The zero-order chi connectivity index (χ0) is 17.3. The van der Waals surface area contributed by atoms with Crippen LogP contribution in [0.1, 0.15) is 34.9 Å². The predicted molar refractivity (Wildman–Crippen MR) is 78.9 cm³/mol. The zero-order valence-corrected chi connectivity index (χ0v) is 12.6.